The molecule has 228 valence electrons. The highest BCUT2D eigenvalue weighted by molar-refractivity contribution is 5.79. The van der Waals surface area contributed by atoms with Crippen molar-refractivity contribution in [2.24, 2.45) is 5.92 Å². The van der Waals surface area contributed by atoms with Crippen LogP contribution in [0.5, 0.6) is 0 Å². The van der Waals surface area contributed by atoms with Crippen LogP contribution in [0, 0.1) is 5.92 Å². The molecule has 3 aliphatic heterocycles. The average molecular weight is 575 g/mol. The van der Waals surface area contributed by atoms with E-state index in [2.05, 4.69) is 29.0 Å². The molecule has 2 unspecified atom stereocenters. The van der Waals surface area contributed by atoms with Crippen molar-refractivity contribution in [2.75, 3.05) is 32.8 Å². The first-order chi connectivity index (χ1) is 19.6. The zero-order valence-corrected chi connectivity index (χ0v) is 25.0. The second-order valence-electron chi connectivity index (χ2n) is 13.0. The minimum Gasteiger partial charge on any atom is -0.380 e. The van der Waals surface area contributed by atoms with Crippen LogP contribution in [-0.4, -0.2) is 89.1 Å². The first kappa shape index (κ1) is 30.2. The topological polar surface area (TPSA) is 65.1 Å². The molecular formula is C32H48F2N4O3. The third-order valence-corrected chi connectivity index (χ3v) is 9.98. The zero-order valence-electron chi connectivity index (χ0n) is 25.0. The quantitative estimate of drug-likeness (QED) is 0.349. The molecule has 7 nitrogen and oxygen atoms in total. The van der Waals surface area contributed by atoms with Crippen molar-refractivity contribution in [2.45, 2.75) is 114 Å². The van der Waals surface area contributed by atoms with Crippen molar-refractivity contribution in [3.05, 3.63) is 35.9 Å². The summed E-state index contributed by atoms with van der Waals surface area (Å²) in [5, 5.41) is 3.24. The van der Waals surface area contributed by atoms with Crippen LogP contribution in [0.2, 0.25) is 0 Å². The van der Waals surface area contributed by atoms with Crippen LogP contribution in [-0.2, 0) is 9.53 Å². The van der Waals surface area contributed by atoms with Gasteiger partial charge >= 0.3 is 6.03 Å². The van der Waals surface area contributed by atoms with E-state index in [-0.39, 0.29) is 61.2 Å². The van der Waals surface area contributed by atoms with Crippen LogP contribution in [0.1, 0.15) is 90.2 Å². The van der Waals surface area contributed by atoms with Crippen LogP contribution < -0.4 is 5.32 Å². The van der Waals surface area contributed by atoms with Gasteiger partial charge in [0.1, 0.15) is 0 Å². The van der Waals surface area contributed by atoms with E-state index in [4.69, 9.17) is 4.74 Å². The van der Waals surface area contributed by atoms with Crippen molar-refractivity contribution >= 4 is 11.9 Å². The number of urea groups is 1. The molecule has 9 heteroatoms. The number of rotatable bonds is 11. The Hall–Kier alpha value is -2.26. The summed E-state index contributed by atoms with van der Waals surface area (Å²) in [5.74, 6) is -3.09. The van der Waals surface area contributed by atoms with Gasteiger partial charge in [-0.3, -0.25) is 9.69 Å². The first-order valence-electron chi connectivity index (χ1n) is 15.8. The Kier molecular flexibility index (Phi) is 9.24. The van der Waals surface area contributed by atoms with Gasteiger partial charge in [-0.05, 0) is 71.3 Å². The number of carbonyl (C=O) groups excluding carboxylic acids is 2. The average Bonchev–Trinajstić information content (AvgIpc) is 3.35. The number of hydrogen-bond donors (Lipinski definition) is 1. The van der Waals surface area contributed by atoms with E-state index in [1.165, 1.54) is 0 Å². The van der Waals surface area contributed by atoms with Crippen molar-refractivity contribution in [3.63, 3.8) is 0 Å². The first-order valence-corrected chi connectivity index (χ1v) is 15.8. The lowest BCUT2D eigenvalue weighted by molar-refractivity contribution is -0.130. The van der Waals surface area contributed by atoms with E-state index < -0.39 is 5.92 Å². The van der Waals surface area contributed by atoms with Crippen molar-refractivity contribution in [1.82, 2.24) is 20.0 Å². The maximum atomic E-state index is 13.7. The Balaban J connectivity index is 1.25. The van der Waals surface area contributed by atoms with Gasteiger partial charge in [0.25, 0.3) is 0 Å². The molecule has 1 N–H and O–H groups in total. The molecule has 1 spiro atoms. The van der Waals surface area contributed by atoms with Gasteiger partial charge in [-0.15, -0.1) is 0 Å². The van der Waals surface area contributed by atoms with Gasteiger partial charge in [-0.2, -0.15) is 0 Å². The van der Waals surface area contributed by atoms with E-state index in [1.807, 2.05) is 42.2 Å². The second kappa shape index (κ2) is 12.5. The zero-order chi connectivity index (χ0) is 29.2. The number of halogens is 2. The number of ether oxygens (including phenoxy) is 1. The van der Waals surface area contributed by atoms with Crippen molar-refractivity contribution in [3.8, 4) is 0 Å². The van der Waals surface area contributed by atoms with Gasteiger partial charge in [0.05, 0.1) is 18.2 Å². The standard InChI is InChI=1S/C32H48F2N4O3/c1-4-41-19-18-36-22-31(38(23(2)3)30(36)40)20-26-10-11-27(21-31)37(26)17-14-28(24-8-6-5-7-9-24)35-29(39)25-12-15-32(33,34)16-13-25/h5-9,23,25-28H,4,10-22H2,1-3H3,(H,35,39)/t26?,27?,28-,31?/m0/s1. The van der Waals surface area contributed by atoms with Crippen LogP contribution in [0.15, 0.2) is 30.3 Å². The SMILES string of the molecule is CCOCCN1CC2(CC3CCC(C2)N3CC[C@H](NC(=O)C2CCC(F)(F)CC2)c2ccccc2)N(C(C)C)C1=O. The molecule has 41 heavy (non-hydrogen) atoms. The van der Waals surface area contributed by atoms with Gasteiger partial charge in [-0.1, -0.05) is 30.3 Å². The highest BCUT2D eigenvalue weighted by Crippen LogP contribution is 2.47. The monoisotopic (exact) mass is 574 g/mol. The molecule has 0 aromatic heterocycles. The van der Waals surface area contributed by atoms with E-state index >= 15 is 0 Å². The summed E-state index contributed by atoms with van der Waals surface area (Å²) in [6, 6.07) is 11.0. The molecule has 5 rings (SSSR count). The lowest BCUT2D eigenvalue weighted by Gasteiger charge is -2.49. The molecule has 3 amide bonds. The van der Waals surface area contributed by atoms with Crippen LogP contribution in [0.25, 0.3) is 0 Å². The fourth-order valence-electron chi connectivity index (χ4n) is 8.10. The van der Waals surface area contributed by atoms with Gasteiger partial charge < -0.3 is 19.9 Å². The predicted molar refractivity (Wildman–Crippen MR) is 155 cm³/mol. The highest BCUT2D eigenvalue weighted by Gasteiger charge is 2.57. The summed E-state index contributed by atoms with van der Waals surface area (Å²) in [6.07, 6.45) is 5.03. The predicted octanol–water partition coefficient (Wildman–Crippen LogP) is 5.61. The summed E-state index contributed by atoms with van der Waals surface area (Å²) < 4.78 is 33.0. The Morgan fingerprint density at radius 1 is 1.05 bits per heavy atom. The minimum absolute atomic E-state index is 0.0980. The second-order valence-corrected chi connectivity index (χ2v) is 13.0. The fraction of sp³-hybridized carbons (Fsp3) is 0.750. The molecular weight excluding hydrogens is 526 g/mol. The largest absolute Gasteiger partial charge is 0.380 e. The molecule has 4 fully saturated rings. The number of nitrogens with zero attached hydrogens (tertiary/aromatic N) is 3. The van der Waals surface area contributed by atoms with Crippen LogP contribution in [0.4, 0.5) is 13.6 Å². The van der Waals surface area contributed by atoms with Gasteiger partial charge in [0.15, 0.2) is 0 Å². The lowest BCUT2D eigenvalue weighted by atomic mass is 9.81. The minimum atomic E-state index is -2.64. The maximum Gasteiger partial charge on any atom is 0.320 e. The molecule has 2 bridgehead atoms. The smallest absolute Gasteiger partial charge is 0.320 e. The van der Waals surface area contributed by atoms with Crippen LogP contribution >= 0.6 is 0 Å². The number of alkyl halides is 2. The molecule has 1 aromatic carbocycles. The molecule has 1 aromatic rings. The normalized spacial score (nSPS) is 29.1. The van der Waals surface area contributed by atoms with E-state index in [1.54, 1.807) is 0 Å². The summed E-state index contributed by atoms with van der Waals surface area (Å²) >= 11 is 0. The molecule has 1 aliphatic carbocycles. The summed E-state index contributed by atoms with van der Waals surface area (Å²) in [4.78, 5) is 33.4. The number of piperidine rings is 1. The third-order valence-electron chi connectivity index (χ3n) is 9.98. The Morgan fingerprint density at radius 3 is 2.32 bits per heavy atom. The number of fused-ring (bicyclic) bond motifs is 2. The summed E-state index contributed by atoms with van der Waals surface area (Å²) in [5.41, 5.74) is 0.913. The van der Waals surface area contributed by atoms with Crippen molar-refractivity contribution in [1.29, 1.82) is 0 Å². The number of amides is 3. The molecule has 3 atom stereocenters. The molecule has 0 radical (unpaired) electrons. The van der Waals surface area contributed by atoms with Crippen molar-refractivity contribution < 1.29 is 23.1 Å². The van der Waals surface area contributed by atoms with Crippen LogP contribution in [0.3, 0.4) is 0 Å². The maximum absolute atomic E-state index is 13.7. The number of benzene rings is 1. The Bertz CT molecular complexity index is 1030. The van der Waals surface area contributed by atoms with E-state index in [9.17, 15) is 18.4 Å². The molecule has 4 aliphatic rings. The highest BCUT2D eigenvalue weighted by atomic mass is 19.3. The fourth-order valence-corrected chi connectivity index (χ4v) is 8.10. The molecule has 3 heterocycles. The third kappa shape index (κ3) is 6.56. The molecule has 3 saturated heterocycles. The summed E-state index contributed by atoms with van der Waals surface area (Å²) in [7, 11) is 0. The molecule has 1 saturated carbocycles. The Labute approximate surface area is 243 Å². The van der Waals surface area contributed by atoms with E-state index in [0.29, 0.717) is 31.8 Å². The van der Waals surface area contributed by atoms with E-state index in [0.717, 1.165) is 50.8 Å². The number of carbonyl (C=O) groups is 2. The number of hydrogen-bond acceptors (Lipinski definition) is 4. The van der Waals surface area contributed by atoms with Gasteiger partial charge in [0.2, 0.25) is 11.8 Å². The van der Waals surface area contributed by atoms with Gasteiger partial charge in [0, 0.05) is 63.1 Å². The van der Waals surface area contributed by atoms with Gasteiger partial charge in [-0.25, -0.2) is 13.6 Å². The summed E-state index contributed by atoms with van der Waals surface area (Å²) in [6.45, 7) is 9.71. The lowest BCUT2D eigenvalue weighted by Crippen LogP contribution is -2.60. The number of nitrogens with one attached hydrogen (secondary N) is 1. The Morgan fingerprint density at radius 2 is 1.71 bits per heavy atom.